The van der Waals surface area contributed by atoms with Crippen LogP contribution in [-0.4, -0.2) is 55.8 Å². The lowest BCUT2D eigenvalue weighted by atomic mass is 9.50. The van der Waals surface area contributed by atoms with Crippen LogP contribution in [0.25, 0.3) is 0 Å². The van der Waals surface area contributed by atoms with Crippen LogP contribution in [-0.2, 0) is 4.79 Å². The molecule has 4 aliphatic carbocycles. The summed E-state index contributed by atoms with van der Waals surface area (Å²) in [5.74, 6) is -0.385. The fourth-order valence-electron chi connectivity index (χ4n) is 7.60. The summed E-state index contributed by atoms with van der Waals surface area (Å²) in [5.41, 5.74) is -0.261. The maximum atomic E-state index is 14.0. The Morgan fingerprint density at radius 1 is 1.18 bits per heavy atom. The number of aliphatic hydroxyl groups excluding tert-OH is 3. The van der Waals surface area contributed by atoms with Crippen molar-refractivity contribution in [3.05, 3.63) is 22.8 Å². The lowest BCUT2D eigenvalue weighted by Crippen LogP contribution is -2.54. The molecule has 0 bridgehead atoms. The van der Waals surface area contributed by atoms with Gasteiger partial charge in [-0.15, -0.1) is 0 Å². The van der Waals surface area contributed by atoms with Gasteiger partial charge in [0.15, 0.2) is 0 Å². The Morgan fingerprint density at radius 3 is 2.48 bits per heavy atom. The number of aliphatic hydroxyl groups is 4. The van der Waals surface area contributed by atoms with Gasteiger partial charge in [-0.1, -0.05) is 25.5 Å². The van der Waals surface area contributed by atoms with Gasteiger partial charge in [0.25, 0.3) is 0 Å². The van der Waals surface area contributed by atoms with Gasteiger partial charge in [-0.25, -0.2) is 4.39 Å². The molecule has 0 saturated heterocycles. The normalized spacial score (nSPS) is 41.6. The van der Waals surface area contributed by atoms with Crippen molar-refractivity contribution in [2.75, 3.05) is 0 Å². The zero-order chi connectivity index (χ0) is 24.6. The van der Waals surface area contributed by atoms with Crippen molar-refractivity contribution in [1.82, 2.24) is 0 Å². The van der Waals surface area contributed by atoms with Crippen LogP contribution in [0.3, 0.4) is 0 Å². The van der Waals surface area contributed by atoms with E-state index in [0.717, 1.165) is 24.0 Å². The molecule has 1 fully saturated rings. The van der Waals surface area contributed by atoms with Crippen molar-refractivity contribution in [2.45, 2.75) is 116 Å². The van der Waals surface area contributed by atoms with E-state index >= 15 is 0 Å². The van der Waals surface area contributed by atoms with Gasteiger partial charge >= 0.3 is 0 Å². The van der Waals surface area contributed by atoms with E-state index in [9.17, 15) is 29.6 Å². The fourth-order valence-corrected chi connectivity index (χ4v) is 7.60. The Kier molecular flexibility index (Phi) is 6.05. The Bertz CT molecular complexity index is 883. The SMILES string of the molecule is CC(C)(F)CCC(O)[C@](C)(O)[C@H]1CC=C2C3=C(CC[C@@]21C)[C@@]1(C)C[C@H](O)[C@H](O)C[C@H]1C(=O)C3. The summed E-state index contributed by atoms with van der Waals surface area (Å²) in [5, 5.41) is 43.0. The van der Waals surface area contributed by atoms with Crippen molar-refractivity contribution in [2.24, 2.45) is 22.7 Å². The second-order valence-corrected chi connectivity index (χ2v) is 12.5. The average Bonchev–Trinajstić information content (AvgIpc) is 3.06. The van der Waals surface area contributed by atoms with Crippen LogP contribution in [0, 0.1) is 22.7 Å². The molecule has 4 aliphatic rings. The van der Waals surface area contributed by atoms with Gasteiger partial charge in [-0.2, -0.15) is 0 Å². The van der Waals surface area contributed by atoms with E-state index in [1.54, 1.807) is 6.92 Å². The van der Waals surface area contributed by atoms with Crippen LogP contribution in [0.5, 0.6) is 0 Å². The lowest BCUT2D eigenvalue weighted by molar-refractivity contribution is -0.138. The number of carbonyl (C=O) groups is 1. The van der Waals surface area contributed by atoms with Gasteiger partial charge in [-0.05, 0) is 82.3 Å². The third kappa shape index (κ3) is 3.95. The number of ketones is 1. The van der Waals surface area contributed by atoms with E-state index < -0.39 is 35.0 Å². The maximum absolute atomic E-state index is 14.0. The Morgan fingerprint density at radius 2 is 1.85 bits per heavy atom. The molecule has 0 aliphatic heterocycles. The van der Waals surface area contributed by atoms with Gasteiger partial charge in [0.2, 0.25) is 0 Å². The number of allylic oxidation sites excluding steroid dienone is 4. The second kappa shape index (κ2) is 7.97. The summed E-state index contributed by atoms with van der Waals surface area (Å²) in [6.07, 6.45) is 2.92. The minimum absolute atomic E-state index is 0.118. The number of carbonyl (C=O) groups excluding carboxylic acids is 1. The molecule has 0 radical (unpaired) electrons. The van der Waals surface area contributed by atoms with Gasteiger partial charge in [0.1, 0.15) is 11.5 Å². The first-order valence-corrected chi connectivity index (χ1v) is 12.5. The maximum Gasteiger partial charge on any atom is 0.141 e. The molecule has 186 valence electrons. The highest BCUT2D eigenvalue weighted by molar-refractivity contribution is 5.88. The van der Waals surface area contributed by atoms with Crippen LogP contribution in [0.1, 0.15) is 86.0 Å². The molecule has 0 amide bonds. The second-order valence-electron chi connectivity index (χ2n) is 12.5. The summed E-state index contributed by atoms with van der Waals surface area (Å²) < 4.78 is 14.0. The standard InChI is InChI=1S/C27H41FO5/c1-24(2,28)10-9-23(32)27(5,33)22-7-6-16-15-12-19(29)18-13-20(30)21(31)14-26(18,4)17(15)8-11-25(16,22)3/h6,18,20-23,30-33H,7-14H2,1-5H3/t18-,20+,21-,22-,23?,25-,26+,27+/m0/s1. The Balaban J connectivity index is 1.64. The lowest BCUT2D eigenvalue weighted by Gasteiger charge is -2.54. The number of Topliss-reactive ketones (excluding diaryl/α,β-unsaturated/α-hetero) is 1. The van der Waals surface area contributed by atoms with Gasteiger partial charge in [0, 0.05) is 23.7 Å². The fraction of sp³-hybridized carbons (Fsp3) is 0.815. The molecule has 4 N–H and O–H groups in total. The summed E-state index contributed by atoms with van der Waals surface area (Å²) in [4.78, 5) is 13.2. The molecule has 8 atom stereocenters. The highest BCUT2D eigenvalue weighted by atomic mass is 19.1. The first-order chi connectivity index (χ1) is 15.1. The first kappa shape index (κ1) is 25.0. The Labute approximate surface area is 196 Å². The van der Waals surface area contributed by atoms with E-state index in [1.165, 1.54) is 19.4 Å². The van der Waals surface area contributed by atoms with Crippen LogP contribution < -0.4 is 0 Å². The highest BCUT2D eigenvalue weighted by Crippen LogP contribution is 2.64. The zero-order valence-corrected chi connectivity index (χ0v) is 20.7. The smallest absolute Gasteiger partial charge is 0.141 e. The summed E-state index contributed by atoms with van der Waals surface area (Å²) in [6.45, 7) is 8.82. The molecule has 4 rings (SSSR count). The number of hydrogen-bond donors (Lipinski definition) is 4. The first-order valence-electron chi connectivity index (χ1n) is 12.5. The van der Waals surface area contributed by atoms with Crippen LogP contribution in [0.4, 0.5) is 4.39 Å². The summed E-state index contributed by atoms with van der Waals surface area (Å²) in [6, 6.07) is 0. The van der Waals surface area contributed by atoms with Gasteiger partial charge in [0.05, 0.1) is 23.9 Å². The highest BCUT2D eigenvalue weighted by Gasteiger charge is 2.59. The summed E-state index contributed by atoms with van der Waals surface area (Å²) >= 11 is 0. The third-order valence-electron chi connectivity index (χ3n) is 9.67. The molecular weight excluding hydrogens is 423 g/mol. The molecule has 0 spiro atoms. The number of rotatable bonds is 5. The predicted molar refractivity (Wildman–Crippen MR) is 124 cm³/mol. The van der Waals surface area contributed by atoms with E-state index in [-0.39, 0.29) is 35.9 Å². The summed E-state index contributed by atoms with van der Waals surface area (Å²) in [7, 11) is 0. The van der Waals surface area contributed by atoms with Crippen molar-refractivity contribution in [3.63, 3.8) is 0 Å². The largest absolute Gasteiger partial charge is 0.390 e. The minimum atomic E-state index is -1.41. The van der Waals surface area contributed by atoms with Crippen molar-refractivity contribution < 1.29 is 29.6 Å². The number of halogens is 1. The molecule has 0 aromatic rings. The molecule has 0 heterocycles. The number of hydrogen-bond acceptors (Lipinski definition) is 5. The molecule has 33 heavy (non-hydrogen) atoms. The van der Waals surface area contributed by atoms with Crippen molar-refractivity contribution >= 4 is 5.78 Å². The number of alkyl halides is 1. The quantitative estimate of drug-likeness (QED) is 0.496. The van der Waals surface area contributed by atoms with Crippen LogP contribution >= 0.6 is 0 Å². The molecule has 6 heteroatoms. The van der Waals surface area contributed by atoms with E-state index in [4.69, 9.17) is 0 Å². The molecule has 5 nitrogen and oxygen atoms in total. The van der Waals surface area contributed by atoms with Crippen molar-refractivity contribution in [1.29, 1.82) is 0 Å². The average molecular weight is 465 g/mol. The molecule has 0 aromatic carbocycles. The van der Waals surface area contributed by atoms with Crippen molar-refractivity contribution in [3.8, 4) is 0 Å². The topological polar surface area (TPSA) is 98.0 Å². The van der Waals surface area contributed by atoms with E-state index in [1.807, 2.05) is 0 Å². The zero-order valence-electron chi connectivity index (χ0n) is 20.7. The molecular formula is C27H41FO5. The van der Waals surface area contributed by atoms with E-state index in [2.05, 4.69) is 19.9 Å². The molecule has 1 saturated carbocycles. The molecule has 1 unspecified atom stereocenters. The van der Waals surface area contributed by atoms with Crippen LogP contribution in [0.2, 0.25) is 0 Å². The minimum Gasteiger partial charge on any atom is -0.390 e. The van der Waals surface area contributed by atoms with Crippen LogP contribution in [0.15, 0.2) is 22.8 Å². The number of fused-ring (bicyclic) bond motifs is 4. The third-order valence-corrected chi connectivity index (χ3v) is 9.67. The van der Waals surface area contributed by atoms with Gasteiger partial charge in [-0.3, -0.25) is 4.79 Å². The monoisotopic (exact) mass is 464 g/mol. The van der Waals surface area contributed by atoms with Gasteiger partial charge < -0.3 is 20.4 Å². The van der Waals surface area contributed by atoms with E-state index in [0.29, 0.717) is 25.7 Å². The Hall–Kier alpha value is -1.08. The predicted octanol–water partition coefficient (Wildman–Crippen LogP) is 3.78. The molecule has 0 aromatic heterocycles.